The molecule has 8 nitrogen and oxygen atoms in total. The van der Waals surface area contributed by atoms with Crippen LogP contribution in [0.4, 0.5) is 4.79 Å². The van der Waals surface area contributed by atoms with E-state index < -0.39 is 11.6 Å². The molecule has 1 aliphatic carbocycles. The van der Waals surface area contributed by atoms with E-state index in [0.717, 1.165) is 58.5 Å². The molecule has 6 rings (SSSR count). The summed E-state index contributed by atoms with van der Waals surface area (Å²) in [5.74, 6) is 0.615. The molecule has 3 heterocycles. The van der Waals surface area contributed by atoms with E-state index in [9.17, 15) is 14.7 Å². The third-order valence-corrected chi connectivity index (χ3v) is 7.02. The molecular weight excluding hydrogens is 430 g/mol. The van der Waals surface area contributed by atoms with Gasteiger partial charge in [-0.05, 0) is 36.5 Å². The molecular formula is C26H23N5O3. The number of fused-ring (bicyclic) bond motifs is 3. The average Bonchev–Trinajstić information content (AvgIpc) is 3.22. The van der Waals surface area contributed by atoms with Crippen LogP contribution in [0.1, 0.15) is 30.5 Å². The van der Waals surface area contributed by atoms with Crippen LogP contribution in [0.25, 0.3) is 33.8 Å². The highest BCUT2D eigenvalue weighted by molar-refractivity contribution is 5.84. The van der Waals surface area contributed by atoms with E-state index >= 15 is 0 Å². The monoisotopic (exact) mass is 453 g/mol. The fourth-order valence-corrected chi connectivity index (χ4v) is 5.11. The van der Waals surface area contributed by atoms with Crippen molar-refractivity contribution in [2.45, 2.75) is 37.8 Å². The van der Waals surface area contributed by atoms with Crippen LogP contribution in [0.3, 0.4) is 0 Å². The molecule has 1 amide bonds. The summed E-state index contributed by atoms with van der Waals surface area (Å²) in [7, 11) is 0. The molecule has 1 saturated carbocycles. The van der Waals surface area contributed by atoms with Crippen LogP contribution >= 0.6 is 0 Å². The summed E-state index contributed by atoms with van der Waals surface area (Å²) in [6.45, 7) is 0.539. The lowest BCUT2D eigenvalue weighted by atomic mass is 9.71. The zero-order valence-electron chi connectivity index (χ0n) is 18.4. The quantitative estimate of drug-likeness (QED) is 0.429. The number of aryl methyl sites for hydroxylation is 1. The highest BCUT2D eigenvalue weighted by atomic mass is 16.4. The molecule has 34 heavy (non-hydrogen) atoms. The molecule has 0 radical (unpaired) electrons. The van der Waals surface area contributed by atoms with Gasteiger partial charge in [0.05, 0.1) is 16.9 Å². The summed E-state index contributed by atoms with van der Waals surface area (Å²) >= 11 is 0. The van der Waals surface area contributed by atoms with E-state index in [1.165, 1.54) is 0 Å². The van der Waals surface area contributed by atoms with Crippen molar-refractivity contribution in [2.24, 2.45) is 0 Å². The van der Waals surface area contributed by atoms with Crippen molar-refractivity contribution in [1.82, 2.24) is 25.1 Å². The molecule has 0 saturated heterocycles. The summed E-state index contributed by atoms with van der Waals surface area (Å²) in [5, 5.41) is 18.8. The molecule has 2 aromatic heterocycles. The molecule has 0 spiro atoms. The fraction of sp³-hybridized carbons (Fsp3) is 0.231. The van der Waals surface area contributed by atoms with Crippen LogP contribution in [0.2, 0.25) is 0 Å². The number of aromatic nitrogens is 4. The molecule has 1 fully saturated rings. The second kappa shape index (κ2) is 7.69. The lowest BCUT2D eigenvalue weighted by Crippen LogP contribution is -2.50. The topological polar surface area (TPSA) is 113 Å². The maximum Gasteiger partial charge on any atom is 0.405 e. The molecule has 0 atom stereocenters. The molecule has 170 valence electrons. The van der Waals surface area contributed by atoms with E-state index in [1.807, 2.05) is 54.6 Å². The van der Waals surface area contributed by atoms with E-state index in [2.05, 4.69) is 21.6 Å². The standard InChI is InChI=1S/C26H23N5O3/c32-24-30-29-23-20-15-19(16-5-2-1-3-6-16)22(27-21(20)11-14-31(23)24)17-7-9-18(10-8-17)26(12-4-13-26)28-25(33)34/h1-3,5-10,15,28H,4,11-14H2,(H,30,32)(H,33,34). The van der Waals surface area contributed by atoms with Gasteiger partial charge in [0.25, 0.3) is 0 Å². The normalized spacial score (nSPS) is 15.6. The summed E-state index contributed by atoms with van der Waals surface area (Å²) in [6, 6.07) is 20.2. The number of nitrogens with one attached hydrogen (secondary N) is 2. The van der Waals surface area contributed by atoms with Gasteiger partial charge >= 0.3 is 11.8 Å². The zero-order valence-corrected chi connectivity index (χ0v) is 18.4. The first-order chi connectivity index (χ1) is 16.5. The Labute approximate surface area is 195 Å². The average molecular weight is 454 g/mol. The van der Waals surface area contributed by atoms with Gasteiger partial charge in [-0.3, -0.25) is 9.55 Å². The summed E-state index contributed by atoms with van der Waals surface area (Å²) in [5.41, 5.74) is 5.84. The Morgan fingerprint density at radius 3 is 2.47 bits per heavy atom. The van der Waals surface area contributed by atoms with Crippen LogP contribution in [-0.2, 0) is 18.5 Å². The molecule has 3 N–H and O–H groups in total. The van der Waals surface area contributed by atoms with E-state index in [0.29, 0.717) is 18.8 Å². The number of pyridine rings is 1. The van der Waals surface area contributed by atoms with Crippen molar-refractivity contribution in [3.63, 3.8) is 0 Å². The number of benzene rings is 2. The molecule has 1 aliphatic heterocycles. The summed E-state index contributed by atoms with van der Waals surface area (Å²) in [4.78, 5) is 28.5. The van der Waals surface area contributed by atoms with Gasteiger partial charge in [-0.25, -0.2) is 14.7 Å². The maximum atomic E-state index is 12.1. The van der Waals surface area contributed by atoms with Gasteiger partial charge in [0.2, 0.25) is 0 Å². The van der Waals surface area contributed by atoms with E-state index in [-0.39, 0.29) is 5.69 Å². The number of nitrogens with zero attached hydrogens (tertiary/aromatic N) is 3. The lowest BCUT2D eigenvalue weighted by Gasteiger charge is -2.42. The third kappa shape index (κ3) is 3.22. The van der Waals surface area contributed by atoms with Crippen molar-refractivity contribution < 1.29 is 9.90 Å². The Morgan fingerprint density at radius 2 is 1.79 bits per heavy atom. The van der Waals surface area contributed by atoms with Crippen molar-refractivity contribution in [3.8, 4) is 33.8 Å². The minimum Gasteiger partial charge on any atom is -0.465 e. The minimum atomic E-state index is -0.997. The number of H-pyrrole nitrogens is 1. The number of aromatic amines is 1. The van der Waals surface area contributed by atoms with Crippen LogP contribution in [0.5, 0.6) is 0 Å². The summed E-state index contributed by atoms with van der Waals surface area (Å²) < 4.78 is 1.65. The van der Waals surface area contributed by atoms with Crippen LogP contribution in [-0.4, -0.2) is 30.9 Å². The Hall–Kier alpha value is -4.20. The number of hydrogen-bond donors (Lipinski definition) is 3. The first-order valence-corrected chi connectivity index (χ1v) is 11.4. The fourth-order valence-electron chi connectivity index (χ4n) is 5.11. The first kappa shape index (κ1) is 20.4. The molecule has 8 heteroatoms. The lowest BCUT2D eigenvalue weighted by molar-refractivity contribution is 0.144. The molecule has 2 aliphatic rings. The van der Waals surface area contributed by atoms with Gasteiger partial charge in [-0.1, -0.05) is 54.6 Å². The highest BCUT2D eigenvalue weighted by Crippen LogP contribution is 2.42. The van der Waals surface area contributed by atoms with Gasteiger partial charge < -0.3 is 10.4 Å². The highest BCUT2D eigenvalue weighted by Gasteiger charge is 2.40. The van der Waals surface area contributed by atoms with Crippen molar-refractivity contribution >= 4 is 6.09 Å². The SMILES string of the molecule is O=C(O)NC1(c2ccc(-c3nc4c(cc3-c3ccccc3)-c3n[nH]c(=O)n3CC4)cc2)CCC1. The smallest absolute Gasteiger partial charge is 0.405 e. The maximum absolute atomic E-state index is 12.1. The molecule has 2 aromatic carbocycles. The van der Waals surface area contributed by atoms with Crippen molar-refractivity contribution in [1.29, 1.82) is 0 Å². The number of amides is 1. The molecule has 0 unspecified atom stereocenters. The Balaban J connectivity index is 1.48. The number of carboxylic acid groups (broad SMARTS) is 1. The van der Waals surface area contributed by atoms with Gasteiger partial charge in [-0.2, -0.15) is 5.10 Å². The van der Waals surface area contributed by atoms with E-state index in [4.69, 9.17) is 4.98 Å². The summed E-state index contributed by atoms with van der Waals surface area (Å²) in [6.07, 6.45) is 2.26. The van der Waals surface area contributed by atoms with Crippen LogP contribution in [0, 0.1) is 0 Å². The van der Waals surface area contributed by atoms with Gasteiger partial charge in [0, 0.05) is 29.7 Å². The third-order valence-electron chi connectivity index (χ3n) is 7.02. The first-order valence-electron chi connectivity index (χ1n) is 11.4. The predicted octanol–water partition coefficient (Wildman–Crippen LogP) is 4.17. The molecule has 0 bridgehead atoms. The minimum absolute atomic E-state index is 0.207. The van der Waals surface area contributed by atoms with Crippen LogP contribution < -0.4 is 11.0 Å². The molecule has 4 aromatic rings. The number of rotatable bonds is 4. The van der Waals surface area contributed by atoms with E-state index in [1.54, 1.807) is 4.57 Å². The van der Waals surface area contributed by atoms with Crippen molar-refractivity contribution in [2.75, 3.05) is 0 Å². The van der Waals surface area contributed by atoms with Crippen molar-refractivity contribution in [3.05, 3.63) is 82.4 Å². The Kier molecular flexibility index (Phi) is 4.62. The number of carbonyl (C=O) groups is 1. The van der Waals surface area contributed by atoms with Gasteiger partial charge in [-0.15, -0.1) is 0 Å². The van der Waals surface area contributed by atoms with Gasteiger partial charge in [0.1, 0.15) is 0 Å². The predicted molar refractivity (Wildman–Crippen MR) is 127 cm³/mol. The Morgan fingerprint density at radius 1 is 1.03 bits per heavy atom. The Bertz CT molecular complexity index is 1450. The van der Waals surface area contributed by atoms with Gasteiger partial charge in [0.15, 0.2) is 5.82 Å². The van der Waals surface area contributed by atoms with Crippen LogP contribution in [0.15, 0.2) is 65.5 Å². The second-order valence-electron chi connectivity index (χ2n) is 8.94. The second-order valence-corrected chi connectivity index (χ2v) is 8.94. The zero-order chi connectivity index (χ0) is 23.3. The largest absolute Gasteiger partial charge is 0.465 e. The number of hydrogen-bond acceptors (Lipinski definition) is 4.